The molecule has 1 aromatic rings. The van der Waals surface area contributed by atoms with Crippen LogP contribution in [0.5, 0.6) is 0 Å². The zero-order valence-electron chi connectivity index (χ0n) is 19.6. The smallest absolute Gasteiger partial charge is 0.191 e. The van der Waals surface area contributed by atoms with Gasteiger partial charge in [-0.1, -0.05) is 26.7 Å². The molecule has 6 nitrogen and oxygen atoms in total. The SMILES string of the molecule is CN=C(NCC(C(C)C)N1CCCCCC1)NC(C)Cc1c(C)nn(C)c1C.I. The van der Waals surface area contributed by atoms with Gasteiger partial charge in [-0.25, -0.2) is 0 Å². The first-order chi connectivity index (χ1) is 13.3. The van der Waals surface area contributed by atoms with Crippen LogP contribution in [0.3, 0.4) is 0 Å². The Balaban J connectivity index is 0.00000420. The number of halogens is 1. The van der Waals surface area contributed by atoms with E-state index in [-0.39, 0.29) is 24.0 Å². The molecular weight excluding hydrogens is 475 g/mol. The molecule has 168 valence electrons. The highest BCUT2D eigenvalue weighted by Crippen LogP contribution is 2.17. The molecule has 2 N–H and O–H groups in total. The lowest BCUT2D eigenvalue weighted by molar-refractivity contribution is 0.161. The first-order valence-electron chi connectivity index (χ1n) is 11.0. The highest BCUT2D eigenvalue weighted by molar-refractivity contribution is 14.0. The van der Waals surface area contributed by atoms with E-state index in [0.29, 0.717) is 18.0 Å². The number of likely N-dealkylation sites (tertiary alicyclic amines) is 1. The van der Waals surface area contributed by atoms with Crippen LogP contribution in [0.15, 0.2) is 4.99 Å². The van der Waals surface area contributed by atoms with Gasteiger partial charge in [-0.05, 0) is 64.6 Å². The molecule has 1 fully saturated rings. The highest BCUT2D eigenvalue weighted by Gasteiger charge is 2.23. The first kappa shape index (κ1) is 26.2. The van der Waals surface area contributed by atoms with Crippen LogP contribution < -0.4 is 10.6 Å². The second-order valence-corrected chi connectivity index (χ2v) is 8.74. The zero-order valence-corrected chi connectivity index (χ0v) is 21.9. The summed E-state index contributed by atoms with van der Waals surface area (Å²) in [5.74, 6) is 1.52. The van der Waals surface area contributed by atoms with Crippen molar-refractivity contribution >= 4 is 29.9 Å². The Hall–Kier alpha value is -0.830. The third kappa shape index (κ3) is 7.74. The Bertz CT molecular complexity index is 631. The Kier molecular flexibility index (Phi) is 11.5. The van der Waals surface area contributed by atoms with Gasteiger partial charge in [0.25, 0.3) is 0 Å². The molecule has 7 heteroatoms. The molecule has 1 aromatic heterocycles. The molecule has 2 heterocycles. The van der Waals surface area contributed by atoms with Crippen molar-refractivity contribution in [3.05, 3.63) is 17.0 Å². The number of aliphatic imine (C=N–C) groups is 1. The van der Waals surface area contributed by atoms with Gasteiger partial charge in [-0.3, -0.25) is 14.6 Å². The summed E-state index contributed by atoms with van der Waals surface area (Å²) in [6, 6.07) is 0.846. The van der Waals surface area contributed by atoms with Crippen LogP contribution in [0.2, 0.25) is 0 Å². The summed E-state index contributed by atoms with van der Waals surface area (Å²) < 4.78 is 1.97. The van der Waals surface area contributed by atoms with Gasteiger partial charge in [0, 0.05) is 38.4 Å². The minimum absolute atomic E-state index is 0. The Morgan fingerprint density at radius 2 is 1.72 bits per heavy atom. The Morgan fingerprint density at radius 1 is 1.10 bits per heavy atom. The fourth-order valence-corrected chi connectivity index (χ4v) is 4.31. The molecule has 29 heavy (non-hydrogen) atoms. The van der Waals surface area contributed by atoms with E-state index >= 15 is 0 Å². The van der Waals surface area contributed by atoms with Crippen molar-refractivity contribution < 1.29 is 0 Å². The fourth-order valence-electron chi connectivity index (χ4n) is 4.31. The quantitative estimate of drug-likeness (QED) is 0.329. The number of nitrogens with one attached hydrogen (secondary N) is 2. The van der Waals surface area contributed by atoms with E-state index in [4.69, 9.17) is 0 Å². The lowest BCUT2D eigenvalue weighted by Crippen LogP contribution is -2.51. The summed E-state index contributed by atoms with van der Waals surface area (Å²) in [7, 11) is 3.87. The summed E-state index contributed by atoms with van der Waals surface area (Å²) in [5.41, 5.74) is 3.70. The molecule has 2 unspecified atom stereocenters. The summed E-state index contributed by atoms with van der Waals surface area (Å²) in [6.45, 7) is 14.5. The van der Waals surface area contributed by atoms with Crippen LogP contribution in [0, 0.1) is 19.8 Å². The second-order valence-electron chi connectivity index (χ2n) is 8.74. The lowest BCUT2D eigenvalue weighted by Gasteiger charge is -2.34. The maximum atomic E-state index is 4.54. The number of aryl methyl sites for hydroxylation is 2. The Labute approximate surface area is 195 Å². The van der Waals surface area contributed by atoms with E-state index in [1.807, 2.05) is 18.8 Å². The van der Waals surface area contributed by atoms with E-state index in [1.54, 1.807) is 0 Å². The third-order valence-electron chi connectivity index (χ3n) is 6.13. The van der Waals surface area contributed by atoms with Gasteiger partial charge < -0.3 is 10.6 Å². The van der Waals surface area contributed by atoms with Crippen LogP contribution in [0.4, 0.5) is 0 Å². The summed E-state index contributed by atoms with van der Waals surface area (Å²) in [6.07, 6.45) is 6.37. The molecule has 0 bridgehead atoms. The molecule has 2 atom stereocenters. The zero-order chi connectivity index (χ0) is 20.7. The van der Waals surface area contributed by atoms with Gasteiger partial charge >= 0.3 is 0 Å². The van der Waals surface area contributed by atoms with Crippen molar-refractivity contribution in [1.82, 2.24) is 25.3 Å². The number of hydrogen-bond acceptors (Lipinski definition) is 3. The standard InChI is InChI=1S/C22H42N6.HI/c1-16(2)21(28-12-10-8-9-11-13-28)15-24-22(23-6)25-17(3)14-20-18(4)26-27(7)19(20)5;/h16-17,21H,8-15H2,1-7H3,(H2,23,24,25);1H. The average molecular weight is 519 g/mol. The number of aromatic nitrogens is 2. The van der Waals surface area contributed by atoms with Crippen LogP contribution in [0.1, 0.15) is 63.4 Å². The molecule has 0 spiro atoms. The van der Waals surface area contributed by atoms with Gasteiger partial charge in [-0.2, -0.15) is 5.10 Å². The summed E-state index contributed by atoms with van der Waals surface area (Å²) >= 11 is 0. The molecule has 1 aliphatic heterocycles. The van der Waals surface area contributed by atoms with Gasteiger partial charge in [0.05, 0.1) is 5.69 Å². The molecule has 0 amide bonds. The van der Waals surface area contributed by atoms with E-state index < -0.39 is 0 Å². The average Bonchev–Trinajstić information content (AvgIpc) is 2.85. The van der Waals surface area contributed by atoms with Gasteiger partial charge in [0.2, 0.25) is 0 Å². The highest BCUT2D eigenvalue weighted by atomic mass is 127. The summed E-state index contributed by atoms with van der Waals surface area (Å²) in [4.78, 5) is 7.15. The van der Waals surface area contributed by atoms with E-state index in [9.17, 15) is 0 Å². The van der Waals surface area contributed by atoms with Crippen molar-refractivity contribution in [2.24, 2.45) is 18.0 Å². The second kappa shape index (κ2) is 12.8. The van der Waals surface area contributed by atoms with E-state index in [2.05, 4.69) is 60.2 Å². The maximum Gasteiger partial charge on any atom is 0.191 e. The van der Waals surface area contributed by atoms with Crippen molar-refractivity contribution in [3.8, 4) is 0 Å². The van der Waals surface area contributed by atoms with Crippen LogP contribution in [-0.4, -0.2) is 59.4 Å². The predicted molar refractivity (Wildman–Crippen MR) is 134 cm³/mol. The van der Waals surface area contributed by atoms with Gasteiger partial charge in [-0.15, -0.1) is 24.0 Å². The van der Waals surface area contributed by atoms with Gasteiger partial charge in [0.1, 0.15) is 0 Å². The molecule has 1 aliphatic rings. The fraction of sp³-hybridized carbons (Fsp3) is 0.818. The molecule has 0 aromatic carbocycles. The predicted octanol–water partition coefficient (Wildman–Crippen LogP) is 3.65. The normalized spacial score (nSPS) is 18.1. The van der Waals surface area contributed by atoms with E-state index in [1.165, 1.54) is 50.0 Å². The molecular formula is C22H43IN6. The van der Waals surface area contributed by atoms with E-state index in [0.717, 1.165) is 24.6 Å². The van der Waals surface area contributed by atoms with Crippen LogP contribution >= 0.6 is 24.0 Å². The number of hydrogen-bond donors (Lipinski definition) is 2. The molecule has 0 radical (unpaired) electrons. The summed E-state index contributed by atoms with van der Waals surface area (Å²) in [5, 5.41) is 11.7. The van der Waals surface area contributed by atoms with Crippen LogP contribution in [-0.2, 0) is 13.5 Å². The molecule has 0 aliphatic carbocycles. The monoisotopic (exact) mass is 518 g/mol. The molecule has 0 saturated carbocycles. The lowest BCUT2D eigenvalue weighted by atomic mass is 10.0. The number of nitrogens with zero attached hydrogens (tertiary/aromatic N) is 4. The van der Waals surface area contributed by atoms with Crippen molar-refractivity contribution in [1.29, 1.82) is 0 Å². The minimum atomic E-state index is 0. The Morgan fingerprint density at radius 3 is 2.21 bits per heavy atom. The first-order valence-corrected chi connectivity index (χ1v) is 11.0. The van der Waals surface area contributed by atoms with Crippen molar-refractivity contribution in [3.63, 3.8) is 0 Å². The molecule has 2 rings (SSSR count). The molecule has 1 saturated heterocycles. The van der Waals surface area contributed by atoms with Gasteiger partial charge in [0.15, 0.2) is 5.96 Å². The minimum Gasteiger partial charge on any atom is -0.355 e. The largest absolute Gasteiger partial charge is 0.355 e. The van der Waals surface area contributed by atoms with Crippen molar-refractivity contribution in [2.75, 3.05) is 26.7 Å². The topological polar surface area (TPSA) is 57.5 Å². The number of guanidine groups is 1. The van der Waals surface area contributed by atoms with Crippen molar-refractivity contribution in [2.45, 2.75) is 78.8 Å². The maximum absolute atomic E-state index is 4.54. The third-order valence-corrected chi connectivity index (χ3v) is 6.13. The van der Waals surface area contributed by atoms with Crippen LogP contribution in [0.25, 0.3) is 0 Å². The number of rotatable bonds is 7.